The number of halogens is 1. The highest BCUT2D eigenvalue weighted by Crippen LogP contribution is 2.15. The lowest BCUT2D eigenvalue weighted by atomic mass is 10.2. The first-order valence-corrected chi connectivity index (χ1v) is 7.30. The van der Waals surface area contributed by atoms with Crippen molar-refractivity contribution in [2.75, 3.05) is 11.9 Å². The molecule has 1 heterocycles. The Kier molecular flexibility index (Phi) is 6.97. The summed E-state index contributed by atoms with van der Waals surface area (Å²) in [5.74, 6) is 0.571. The Balaban J connectivity index is 0.00000264. The van der Waals surface area contributed by atoms with Crippen LogP contribution in [0.15, 0.2) is 30.3 Å². The van der Waals surface area contributed by atoms with Gasteiger partial charge in [0.1, 0.15) is 0 Å². The van der Waals surface area contributed by atoms with E-state index in [1.807, 2.05) is 45.9 Å². The molecule has 0 aliphatic carbocycles. The van der Waals surface area contributed by atoms with Gasteiger partial charge in [-0.2, -0.15) is 0 Å². The Morgan fingerprint density at radius 3 is 2.22 bits per heavy atom. The second kappa shape index (κ2) is 8.48. The highest BCUT2D eigenvalue weighted by atomic mass is 35.5. The Morgan fingerprint density at radius 2 is 1.70 bits per heavy atom. The quantitative estimate of drug-likeness (QED) is 0.814. The van der Waals surface area contributed by atoms with Crippen LogP contribution in [0.25, 0.3) is 0 Å². The van der Waals surface area contributed by atoms with Crippen molar-refractivity contribution in [3.63, 3.8) is 0 Å². The third-order valence-electron chi connectivity index (χ3n) is 2.91. The van der Waals surface area contributed by atoms with Crippen LogP contribution in [0.2, 0.25) is 0 Å². The smallest absolute Gasteiger partial charge is 0.338 e. The van der Waals surface area contributed by atoms with Crippen molar-refractivity contribution in [3.8, 4) is 0 Å². The van der Waals surface area contributed by atoms with Gasteiger partial charge in [-0.15, -0.1) is 0 Å². The average molecular weight is 335 g/mol. The van der Waals surface area contributed by atoms with Crippen molar-refractivity contribution >= 4 is 17.6 Å². The number of esters is 1. The molecular formula is C17H21ClN3O2-. The number of hydrogen-bond acceptors (Lipinski definition) is 5. The van der Waals surface area contributed by atoms with Gasteiger partial charge in [-0.1, -0.05) is 13.8 Å². The third kappa shape index (κ3) is 5.87. The molecule has 0 aliphatic rings. The minimum Gasteiger partial charge on any atom is -1.00 e. The van der Waals surface area contributed by atoms with Crippen molar-refractivity contribution in [2.45, 2.75) is 27.7 Å². The number of hydrogen-bond donors (Lipinski definition) is 1. The number of carbonyl (C=O) groups is 1. The molecule has 0 bridgehead atoms. The minimum atomic E-state index is -0.303. The monoisotopic (exact) mass is 334 g/mol. The molecular weight excluding hydrogens is 314 g/mol. The summed E-state index contributed by atoms with van der Waals surface area (Å²) in [5.41, 5.74) is 3.17. The Bertz CT molecular complexity index is 637. The number of rotatable bonds is 5. The van der Waals surface area contributed by atoms with Gasteiger partial charge in [0.15, 0.2) is 0 Å². The lowest BCUT2D eigenvalue weighted by molar-refractivity contribution is -0.0000231. The molecule has 0 aliphatic heterocycles. The highest BCUT2D eigenvalue weighted by Gasteiger charge is 2.08. The average Bonchev–Trinajstić information content (AvgIpc) is 2.44. The topological polar surface area (TPSA) is 64.1 Å². The van der Waals surface area contributed by atoms with Gasteiger partial charge in [-0.05, 0) is 50.1 Å². The molecule has 0 spiro atoms. The fourth-order valence-electron chi connectivity index (χ4n) is 1.93. The van der Waals surface area contributed by atoms with E-state index in [1.54, 1.807) is 12.1 Å². The molecule has 0 atom stereocenters. The summed E-state index contributed by atoms with van der Waals surface area (Å²) >= 11 is 0. The second-order valence-electron chi connectivity index (χ2n) is 5.67. The van der Waals surface area contributed by atoms with Gasteiger partial charge in [0.25, 0.3) is 0 Å². The maximum Gasteiger partial charge on any atom is 0.338 e. The molecule has 0 unspecified atom stereocenters. The Morgan fingerprint density at radius 1 is 1.13 bits per heavy atom. The molecule has 2 aromatic rings. The molecule has 0 radical (unpaired) electrons. The van der Waals surface area contributed by atoms with Crippen molar-refractivity contribution < 1.29 is 21.9 Å². The first-order valence-electron chi connectivity index (χ1n) is 7.30. The number of nitrogens with zero attached hydrogens (tertiary/aromatic N) is 2. The van der Waals surface area contributed by atoms with E-state index in [9.17, 15) is 4.79 Å². The van der Waals surface area contributed by atoms with Crippen LogP contribution >= 0.6 is 0 Å². The van der Waals surface area contributed by atoms with Gasteiger partial charge in [0, 0.05) is 17.1 Å². The standard InChI is InChI=1S/C17H21N3O2.ClH/c1-11(2)10-22-16(21)14-5-7-15(8-6-14)20-17-18-12(3)9-13(4)19-17;/h5-9,11H,10H2,1-4H3,(H,18,19,20);1H/p-1. The summed E-state index contributed by atoms with van der Waals surface area (Å²) in [6, 6.07) is 9.00. The molecule has 1 aromatic carbocycles. The van der Waals surface area contributed by atoms with Crippen molar-refractivity contribution in [1.29, 1.82) is 0 Å². The van der Waals surface area contributed by atoms with Crippen LogP contribution in [-0.4, -0.2) is 22.5 Å². The minimum absolute atomic E-state index is 0. The lowest BCUT2D eigenvalue weighted by Gasteiger charge is -2.09. The number of aryl methyl sites for hydroxylation is 2. The predicted octanol–water partition coefficient (Wildman–Crippen LogP) is 0.654. The maximum atomic E-state index is 11.8. The van der Waals surface area contributed by atoms with Gasteiger partial charge in [-0.25, -0.2) is 14.8 Å². The molecule has 0 saturated carbocycles. The Hall–Kier alpha value is -2.14. The molecule has 5 nitrogen and oxygen atoms in total. The largest absolute Gasteiger partial charge is 1.00 e. The van der Waals surface area contributed by atoms with E-state index < -0.39 is 0 Å². The van der Waals surface area contributed by atoms with Gasteiger partial charge in [0.05, 0.1) is 12.2 Å². The molecule has 6 heteroatoms. The highest BCUT2D eigenvalue weighted by molar-refractivity contribution is 5.89. The predicted molar refractivity (Wildman–Crippen MR) is 86.4 cm³/mol. The summed E-state index contributed by atoms with van der Waals surface area (Å²) in [6.45, 7) is 8.28. The van der Waals surface area contributed by atoms with Crippen LogP contribution in [-0.2, 0) is 4.74 Å². The molecule has 0 amide bonds. The summed E-state index contributed by atoms with van der Waals surface area (Å²) in [4.78, 5) is 20.5. The fourth-order valence-corrected chi connectivity index (χ4v) is 1.93. The fraction of sp³-hybridized carbons (Fsp3) is 0.353. The number of benzene rings is 1. The van der Waals surface area contributed by atoms with Gasteiger partial charge < -0.3 is 22.5 Å². The summed E-state index contributed by atoms with van der Waals surface area (Å²) in [6.07, 6.45) is 0. The summed E-state index contributed by atoms with van der Waals surface area (Å²) < 4.78 is 5.20. The summed E-state index contributed by atoms with van der Waals surface area (Å²) in [5, 5.41) is 3.13. The zero-order valence-corrected chi connectivity index (χ0v) is 14.5. The molecule has 0 saturated heterocycles. The van der Waals surface area contributed by atoms with Crippen LogP contribution in [0.1, 0.15) is 35.6 Å². The van der Waals surface area contributed by atoms with Crippen LogP contribution in [0.3, 0.4) is 0 Å². The van der Waals surface area contributed by atoms with Crippen LogP contribution in [0.4, 0.5) is 11.6 Å². The molecule has 1 N–H and O–H groups in total. The number of ether oxygens (including phenoxy) is 1. The van der Waals surface area contributed by atoms with E-state index in [2.05, 4.69) is 15.3 Å². The van der Waals surface area contributed by atoms with Crippen molar-refractivity contribution in [3.05, 3.63) is 47.3 Å². The zero-order chi connectivity index (χ0) is 16.1. The number of aromatic nitrogens is 2. The van der Waals surface area contributed by atoms with Crippen molar-refractivity contribution in [1.82, 2.24) is 9.97 Å². The molecule has 0 fully saturated rings. The van der Waals surface area contributed by atoms with Crippen LogP contribution in [0.5, 0.6) is 0 Å². The zero-order valence-electron chi connectivity index (χ0n) is 13.8. The number of carbonyl (C=O) groups excluding carboxylic acids is 1. The van der Waals surface area contributed by atoms with Crippen molar-refractivity contribution in [2.24, 2.45) is 5.92 Å². The van der Waals surface area contributed by atoms with E-state index in [1.165, 1.54) is 0 Å². The molecule has 2 rings (SSSR count). The van der Waals surface area contributed by atoms with E-state index in [-0.39, 0.29) is 18.4 Å². The van der Waals surface area contributed by atoms with Gasteiger partial charge in [0.2, 0.25) is 5.95 Å². The van der Waals surface area contributed by atoms with Gasteiger partial charge >= 0.3 is 5.97 Å². The molecule has 23 heavy (non-hydrogen) atoms. The molecule has 1 aromatic heterocycles. The third-order valence-corrected chi connectivity index (χ3v) is 2.91. The van der Waals surface area contributed by atoms with E-state index in [0.717, 1.165) is 17.1 Å². The first-order chi connectivity index (χ1) is 10.4. The van der Waals surface area contributed by atoms with Crippen LogP contribution in [0, 0.1) is 19.8 Å². The SMILES string of the molecule is Cc1cc(C)nc(Nc2ccc(C(=O)OCC(C)C)cc2)n1.[Cl-]. The Labute approximate surface area is 142 Å². The van der Waals surface area contributed by atoms with E-state index in [0.29, 0.717) is 24.0 Å². The normalized spacial score (nSPS) is 10.1. The van der Waals surface area contributed by atoms with E-state index >= 15 is 0 Å². The first kappa shape index (κ1) is 18.9. The number of nitrogens with one attached hydrogen (secondary N) is 1. The van der Waals surface area contributed by atoms with Crippen LogP contribution < -0.4 is 17.7 Å². The summed E-state index contributed by atoms with van der Waals surface area (Å²) in [7, 11) is 0. The lowest BCUT2D eigenvalue weighted by Crippen LogP contribution is -3.00. The van der Waals surface area contributed by atoms with E-state index in [4.69, 9.17) is 4.74 Å². The molecule has 124 valence electrons. The van der Waals surface area contributed by atoms with Gasteiger partial charge in [-0.3, -0.25) is 0 Å². The maximum absolute atomic E-state index is 11.8. The number of anilines is 2. The second-order valence-corrected chi connectivity index (χ2v) is 5.67.